The van der Waals surface area contributed by atoms with Gasteiger partial charge in [0, 0.05) is 17.1 Å². The average Bonchev–Trinajstić information content (AvgIpc) is 2.18. The maximum absolute atomic E-state index is 12.1. The van der Waals surface area contributed by atoms with Crippen LogP contribution in [0.15, 0.2) is 29.2 Å². The quantitative estimate of drug-likeness (QED) is 0.842. The highest BCUT2D eigenvalue weighted by atomic mass is 32.3. The lowest BCUT2D eigenvalue weighted by Gasteiger charge is -2.12. The lowest BCUT2D eigenvalue weighted by atomic mass is 10.2. The third-order valence-corrected chi connectivity index (χ3v) is 8.73. The second kappa shape index (κ2) is 5.33. The molecule has 2 unspecified atom stereocenters. The van der Waals surface area contributed by atoms with Crippen LogP contribution in [0.4, 0.5) is 0 Å². The van der Waals surface area contributed by atoms with E-state index in [4.69, 9.17) is 0 Å². The Hall–Kier alpha value is -0.330. The van der Waals surface area contributed by atoms with E-state index in [1.165, 1.54) is 6.26 Å². The fourth-order valence-corrected chi connectivity index (χ4v) is 6.21. The van der Waals surface area contributed by atoms with Gasteiger partial charge in [-0.25, -0.2) is 8.42 Å². The lowest BCUT2D eigenvalue weighted by molar-refractivity contribution is 0.598. The van der Waals surface area contributed by atoms with E-state index in [1.54, 1.807) is 30.5 Å². The predicted molar refractivity (Wildman–Crippen MR) is 69.7 cm³/mol. The molecule has 1 rings (SSSR count). The molecule has 0 radical (unpaired) electrons. The number of hydrogen-bond donors (Lipinski definition) is 0. The molecule has 0 saturated heterocycles. The summed E-state index contributed by atoms with van der Waals surface area (Å²) in [4.78, 5) is 0.229. The van der Waals surface area contributed by atoms with Gasteiger partial charge in [-0.1, -0.05) is 17.7 Å². The molecule has 1 aromatic rings. The van der Waals surface area contributed by atoms with Crippen LogP contribution in [0.5, 0.6) is 0 Å². The molecule has 1 aromatic carbocycles. The van der Waals surface area contributed by atoms with Crippen molar-refractivity contribution in [1.29, 1.82) is 0 Å². The zero-order valence-electron chi connectivity index (χ0n) is 9.34. The Balaban J connectivity index is 3.20. The molecule has 0 saturated carbocycles. The van der Waals surface area contributed by atoms with Crippen molar-refractivity contribution in [1.82, 2.24) is 0 Å². The number of rotatable bonds is 4. The molecule has 0 aliphatic heterocycles. The van der Waals surface area contributed by atoms with Crippen molar-refractivity contribution in [2.75, 3.05) is 12.5 Å². The van der Waals surface area contributed by atoms with Gasteiger partial charge in [0.2, 0.25) is 9.84 Å². The van der Waals surface area contributed by atoms with Crippen molar-refractivity contribution >= 4 is 32.4 Å². The molecular weight excluding hydrogens is 264 g/mol. The maximum atomic E-state index is 12.1. The van der Waals surface area contributed by atoms with Crippen LogP contribution in [0, 0.1) is 6.92 Å². The third-order valence-electron chi connectivity index (χ3n) is 2.07. The first-order valence-corrected chi connectivity index (χ1v) is 9.00. The number of benzene rings is 1. The van der Waals surface area contributed by atoms with Crippen molar-refractivity contribution < 1.29 is 12.6 Å². The Kier molecular flexibility index (Phi) is 4.58. The van der Waals surface area contributed by atoms with Gasteiger partial charge < -0.3 is 0 Å². The monoisotopic (exact) mass is 278 g/mol. The zero-order chi connectivity index (χ0) is 12.3. The number of sulfone groups is 1. The largest absolute Gasteiger partial charge is 0.258 e. The van der Waals surface area contributed by atoms with Crippen LogP contribution in [0.3, 0.4) is 0 Å². The predicted octanol–water partition coefficient (Wildman–Crippen LogP) is 1.79. The summed E-state index contributed by atoms with van der Waals surface area (Å²) in [5.74, 6) is 0. The van der Waals surface area contributed by atoms with Crippen molar-refractivity contribution in [2.45, 2.75) is 15.7 Å². The summed E-state index contributed by atoms with van der Waals surface area (Å²) < 4.78 is 34.7. The van der Waals surface area contributed by atoms with E-state index < -0.39 is 24.6 Å². The highest BCUT2D eigenvalue weighted by Gasteiger charge is 2.29. The number of hydrogen-bond acceptors (Lipinski definition) is 4. The van der Waals surface area contributed by atoms with Gasteiger partial charge in [-0.05, 0) is 25.3 Å². The molecule has 0 aliphatic carbocycles. The van der Waals surface area contributed by atoms with E-state index in [-0.39, 0.29) is 4.90 Å². The van der Waals surface area contributed by atoms with Crippen LogP contribution in [-0.4, -0.2) is 29.1 Å². The van der Waals surface area contributed by atoms with E-state index in [1.807, 2.05) is 6.92 Å². The molecule has 0 aliphatic rings. The normalized spacial score (nSPS) is 15.7. The molecule has 16 heavy (non-hydrogen) atoms. The second-order valence-electron chi connectivity index (χ2n) is 3.38. The van der Waals surface area contributed by atoms with E-state index in [0.717, 1.165) is 17.3 Å². The molecule has 6 heteroatoms. The summed E-state index contributed by atoms with van der Waals surface area (Å²) in [6, 6.07) is 6.59. The van der Waals surface area contributed by atoms with Crippen molar-refractivity contribution in [3.8, 4) is 0 Å². The smallest absolute Gasteiger partial charge is 0.202 e. The Labute approximate surface area is 103 Å². The van der Waals surface area contributed by atoms with Gasteiger partial charge in [0.05, 0.1) is 4.90 Å². The summed E-state index contributed by atoms with van der Waals surface area (Å²) >= 11 is 1.10. The average molecular weight is 278 g/mol. The number of aryl methyl sites for hydroxylation is 1. The fourth-order valence-electron chi connectivity index (χ4n) is 1.28. The molecule has 0 amide bonds. The highest BCUT2D eigenvalue weighted by Crippen LogP contribution is 2.25. The van der Waals surface area contributed by atoms with E-state index >= 15 is 0 Å². The zero-order valence-corrected chi connectivity index (χ0v) is 11.8. The molecule has 3 nitrogen and oxygen atoms in total. The SMILES string of the molecule is CSC(S(C)=O)S(=O)(=O)c1ccc(C)cc1. The van der Waals surface area contributed by atoms with Crippen LogP contribution in [0.25, 0.3) is 0 Å². The molecule has 2 atom stereocenters. The summed E-state index contributed by atoms with van der Waals surface area (Å²) in [6.45, 7) is 1.89. The van der Waals surface area contributed by atoms with Gasteiger partial charge in [-0.2, -0.15) is 0 Å². The fraction of sp³-hybridized carbons (Fsp3) is 0.400. The van der Waals surface area contributed by atoms with E-state index in [0.29, 0.717) is 0 Å². The van der Waals surface area contributed by atoms with Crippen molar-refractivity contribution in [3.05, 3.63) is 29.8 Å². The molecule has 0 N–H and O–H groups in total. The highest BCUT2D eigenvalue weighted by molar-refractivity contribution is 8.25. The molecular formula is C10H14O3S3. The van der Waals surface area contributed by atoms with Crippen molar-refractivity contribution in [3.63, 3.8) is 0 Å². The van der Waals surface area contributed by atoms with Crippen LogP contribution in [-0.2, 0) is 20.6 Å². The molecule has 0 spiro atoms. The first kappa shape index (κ1) is 13.7. The summed E-state index contributed by atoms with van der Waals surface area (Å²) in [5.41, 5.74) is 0.997. The van der Waals surface area contributed by atoms with E-state index in [9.17, 15) is 12.6 Å². The summed E-state index contributed by atoms with van der Waals surface area (Å²) in [5, 5.41) is 0. The molecule has 0 bridgehead atoms. The van der Waals surface area contributed by atoms with Gasteiger partial charge in [0.25, 0.3) is 0 Å². The van der Waals surface area contributed by atoms with Crippen LogP contribution < -0.4 is 0 Å². The minimum atomic E-state index is -3.50. The van der Waals surface area contributed by atoms with E-state index in [2.05, 4.69) is 0 Å². The van der Waals surface area contributed by atoms with Gasteiger partial charge in [-0.3, -0.25) is 4.21 Å². The van der Waals surface area contributed by atoms with Crippen molar-refractivity contribution in [2.24, 2.45) is 0 Å². The minimum absolute atomic E-state index is 0.229. The molecule has 0 heterocycles. The van der Waals surface area contributed by atoms with Crippen LogP contribution >= 0.6 is 11.8 Å². The third kappa shape index (κ3) is 2.87. The lowest BCUT2D eigenvalue weighted by Crippen LogP contribution is -2.22. The minimum Gasteiger partial charge on any atom is -0.258 e. The van der Waals surface area contributed by atoms with Gasteiger partial charge in [0.15, 0.2) is 3.91 Å². The Morgan fingerprint density at radius 2 is 1.75 bits per heavy atom. The Bertz CT molecular complexity index is 477. The summed E-state index contributed by atoms with van der Waals surface area (Å²) in [7, 11) is -4.91. The van der Waals surface area contributed by atoms with Gasteiger partial charge in [0.1, 0.15) is 0 Å². The first-order chi connectivity index (χ1) is 7.39. The maximum Gasteiger partial charge on any atom is 0.202 e. The molecule has 0 fully saturated rings. The topological polar surface area (TPSA) is 51.2 Å². The van der Waals surface area contributed by atoms with Crippen LogP contribution in [0.1, 0.15) is 5.56 Å². The molecule has 90 valence electrons. The van der Waals surface area contributed by atoms with Crippen LogP contribution in [0.2, 0.25) is 0 Å². The second-order valence-corrected chi connectivity index (χ2v) is 8.72. The molecule has 0 aromatic heterocycles. The van der Waals surface area contributed by atoms with Gasteiger partial charge in [-0.15, -0.1) is 11.8 Å². The first-order valence-electron chi connectivity index (χ1n) is 4.55. The Morgan fingerprint density at radius 3 is 2.12 bits per heavy atom. The standard InChI is InChI=1S/C10H14O3S3/c1-8-4-6-9(7-5-8)16(12,13)10(14-2)15(3)11/h4-7,10H,1-3H3. The summed E-state index contributed by atoms with van der Waals surface area (Å²) in [6.07, 6.45) is 3.06. The Morgan fingerprint density at radius 1 is 1.25 bits per heavy atom. The van der Waals surface area contributed by atoms with Gasteiger partial charge >= 0.3 is 0 Å². The number of thioether (sulfide) groups is 1.